The number of nitrogens with zero attached hydrogens (tertiary/aromatic N) is 2. The van der Waals surface area contributed by atoms with Gasteiger partial charge in [0.1, 0.15) is 5.54 Å². The van der Waals surface area contributed by atoms with Crippen molar-refractivity contribution in [1.82, 2.24) is 15.5 Å². The van der Waals surface area contributed by atoms with Gasteiger partial charge in [-0.2, -0.15) is 18.2 Å². The quantitative estimate of drug-likeness (QED) is 0.873. The second-order valence-electron chi connectivity index (χ2n) is 5.69. The van der Waals surface area contributed by atoms with Crippen LogP contribution in [0.4, 0.5) is 13.2 Å². The Morgan fingerprint density at radius 2 is 1.84 bits per heavy atom. The highest BCUT2D eigenvalue weighted by Crippen LogP contribution is 2.32. The number of carbonyl (C=O) groups excluding carboxylic acids is 1. The van der Waals surface area contributed by atoms with Gasteiger partial charge in [-0.15, -0.1) is 0 Å². The number of carbonyl (C=O) groups is 2. The summed E-state index contributed by atoms with van der Waals surface area (Å²) in [5.74, 6) is -3.38. The molecule has 1 aromatic carbocycles. The highest BCUT2D eigenvalue weighted by molar-refractivity contribution is 5.98. The number of aromatic nitrogens is 2. The zero-order chi connectivity index (χ0) is 18.2. The smallest absolute Gasteiger partial charge is 0.471 e. The summed E-state index contributed by atoms with van der Waals surface area (Å²) in [5, 5.41) is 14.9. The van der Waals surface area contributed by atoms with E-state index in [-0.39, 0.29) is 17.0 Å². The molecule has 1 aliphatic carbocycles. The zero-order valence-electron chi connectivity index (χ0n) is 12.6. The normalized spacial score (nSPS) is 16.1. The van der Waals surface area contributed by atoms with Gasteiger partial charge >= 0.3 is 18.0 Å². The first-order valence-corrected chi connectivity index (χ1v) is 7.28. The average Bonchev–Trinajstić information content (AvgIpc) is 3.00. The topological polar surface area (TPSA) is 105 Å². The molecule has 1 aromatic heterocycles. The summed E-state index contributed by atoms with van der Waals surface area (Å²) in [6, 6.07) is 5.41. The number of rotatable bonds is 4. The Morgan fingerprint density at radius 3 is 2.28 bits per heavy atom. The second kappa shape index (κ2) is 5.87. The van der Waals surface area contributed by atoms with Crippen molar-refractivity contribution >= 4 is 11.9 Å². The summed E-state index contributed by atoms with van der Waals surface area (Å²) in [7, 11) is 0. The van der Waals surface area contributed by atoms with E-state index in [9.17, 15) is 27.9 Å². The molecule has 2 aromatic rings. The number of carboxylic acids is 1. The largest absolute Gasteiger partial charge is 0.480 e. The highest BCUT2D eigenvalue weighted by atomic mass is 19.4. The van der Waals surface area contributed by atoms with E-state index in [2.05, 4.69) is 20.0 Å². The van der Waals surface area contributed by atoms with Crippen molar-refractivity contribution in [1.29, 1.82) is 0 Å². The van der Waals surface area contributed by atoms with Crippen LogP contribution in [0, 0.1) is 0 Å². The van der Waals surface area contributed by atoms with E-state index in [1.165, 1.54) is 24.3 Å². The summed E-state index contributed by atoms with van der Waals surface area (Å²) >= 11 is 0. The van der Waals surface area contributed by atoms with Gasteiger partial charge in [0.2, 0.25) is 5.82 Å². The Balaban J connectivity index is 1.75. The molecule has 1 aliphatic rings. The minimum Gasteiger partial charge on any atom is -0.480 e. The first-order chi connectivity index (χ1) is 11.7. The number of halogens is 3. The van der Waals surface area contributed by atoms with E-state index >= 15 is 0 Å². The van der Waals surface area contributed by atoms with Gasteiger partial charge in [0, 0.05) is 11.1 Å². The van der Waals surface area contributed by atoms with Gasteiger partial charge in [-0.3, -0.25) is 4.79 Å². The molecule has 0 bridgehead atoms. The molecule has 25 heavy (non-hydrogen) atoms. The molecule has 2 N–H and O–H groups in total. The molecule has 1 amide bonds. The molecule has 1 saturated carbocycles. The molecule has 132 valence electrons. The third-order valence-corrected chi connectivity index (χ3v) is 4.04. The lowest BCUT2D eigenvalue weighted by molar-refractivity contribution is -0.159. The zero-order valence-corrected chi connectivity index (χ0v) is 12.6. The molecule has 0 unspecified atom stereocenters. The lowest BCUT2D eigenvalue weighted by atomic mass is 9.76. The van der Waals surface area contributed by atoms with E-state index in [1.807, 2.05) is 0 Å². The van der Waals surface area contributed by atoms with Crippen molar-refractivity contribution < 1.29 is 32.4 Å². The predicted molar refractivity (Wildman–Crippen MR) is 76.4 cm³/mol. The van der Waals surface area contributed by atoms with Crippen molar-refractivity contribution in [3.63, 3.8) is 0 Å². The van der Waals surface area contributed by atoms with Gasteiger partial charge in [-0.1, -0.05) is 17.3 Å². The van der Waals surface area contributed by atoms with Crippen LogP contribution in [0.5, 0.6) is 0 Å². The number of hydrogen-bond donors (Lipinski definition) is 2. The molecule has 0 spiro atoms. The summed E-state index contributed by atoms with van der Waals surface area (Å²) in [5.41, 5.74) is -0.839. The van der Waals surface area contributed by atoms with Crippen LogP contribution in [0.15, 0.2) is 28.8 Å². The molecule has 10 heteroatoms. The molecular formula is C15H12F3N3O4. The minimum absolute atomic E-state index is 0.177. The van der Waals surface area contributed by atoms with Crippen LogP contribution >= 0.6 is 0 Å². The van der Waals surface area contributed by atoms with Crippen LogP contribution in [0.25, 0.3) is 11.4 Å². The Kier molecular flexibility index (Phi) is 3.97. The van der Waals surface area contributed by atoms with Gasteiger partial charge in [0.15, 0.2) is 0 Å². The Bertz CT molecular complexity index is 810. The standard InChI is InChI=1S/C15H12F3N3O4/c16-15(17,18)12-19-10(21-25-12)8-2-4-9(5-3-8)11(22)20-14(13(23)24)6-1-7-14/h2-5H,1,6-7H2,(H,20,22)(H,23,24). The van der Waals surface area contributed by atoms with E-state index in [0.717, 1.165) is 0 Å². The number of benzene rings is 1. The number of aliphatic carboxylic acids is 1. The maximum atomic E-state index is 12.5. The van der Waals surface area contributed by atoms with E-state index in [4.69, 9.17) is 0 Å². The first kappa shape index (κ1) is 16.9. The lowest BCUT2D eigenvalue weighted by Gasteiger charge is -2.38. The fourth-order valence-electron chi connectivity index (χ4n) is 2.44. The van der Waals surface area contributed by atoms with Crippen molar-refractivity contribution in [3.05, 3.63) is 35.7 Å². The predicted octanol–water partition coefficient (Wildman–Crippen LogP) is 2.49. The van der Waals surface area contributed by atoms with Crippen molar-refractivity contribution in [2.45, 2.75) is 31.0 Å². The van der Waals surface area contributed by atoms with Gasteiger partial charge in [0.25, 0.3) is 5.91 Å². The van der Waals surface area contributed by atoms with Crippen molar-refractivity contribution in [3.8, 4) is 11.4 Å². The molecule has 0 atom stereocenters. The Labute approximate surface area is 138 Å². The van der Waals surface area contributed by atoms with Crippen LogP contribution in [0.2, 0.25) is 0 Å². The monoisotopic (exact) mass is 355 g/mol. The molecule has 1 fully saturated rings. The SMILES string of the molecule is O=C(NC1(C(=O)O)CCC1)c1ccc(-c2noc(C(F)(F)F)n2)cc1. The fourth-order valence-corrected chi connectivity index (χ4v) is 2.44. The molecule has 0 aliphatic heterocycles. The van der Waals surface area contributed by atoms with Crippen LogP contribution in [-0.2, 0) is 11.0 Å². The van der Waals surface area contributed by atoms with Gasteiger partial charge in [0.05, 0.1) is 0 Å². The van der Waals surface area contributed by atoms with E-state index in [1.54, 1.807) is 0 Å². The molecule has 3 rings (SSSR count). The number of alkyl halides is 3. The summed E-state index contributed by atoms with van der Waals surface area (Å²) in [4.78, 5) is 26.7. The van der Waals surface area contributed by atoms with Gasteiger partial charge in [-0.25, -0.2) is 4.79 Å². The van der Waals surface area contributed by atoms with Crippen LogP contribution in [0.3, 0.4) is 0 Å². The third kappa shape index (κ3) is 3.19. The maximum Gasteiger partial charge on any atom is 0.471 e. The lowest BCUT2D eigenvalue weighted by Crippen LogP contribution is -2.59. The molecule has 0 saturated heterocycles. The Hall–Kier alpha value is -2.91. The maximum absolute atomic E-state index is 12.5. The number of carboxylic acid groups (broad SMARTS) is 1. The minimum atomic E-state index is -4.74. The Morgan fingerprint density at radius 1 is 1.20 bits per heavy atom. The number of amides is 1. The van der Waals surface area contributed by atoms with E-state index in [0.29, 0.717) is 19.3 Å². The molecule has 0 radical (unpaired) electrons. The summed E-state index contributed by atoms with van der Waals surface area (Å²) in [6.45, 7) is 0. The van der Waals surface area contributed by atoms with Crippen LogP contribution in [0.1, 0.15) is 35.5 Å². The van der Waals surface area contributed by atoms with E-state index < -0.39 is 29.5 Å². The first-order valence-electron chi connectivity index (χ1n) is 7.28. The molecular weight excluding hydrogens is 343 g/mol. The van der Waals surface area contributed by atoms with Crippen LogP contribution in [-0.4, -0.2) is 32.7 Å². The van der Waals surface area contributed by atoms with Gasteiger partial charge < -0.3 is 14.9 Å². The number of hydrogen-bond acceptors (Lipinski definition) is 5. The fraction of sp³-hybridized carbons (Fsp3) is 0.333. The number of nitrogens with one attached hydrogen (secondary N) is 1. The van der Waals surface area contributed by atoms with Gasteiger partial charge in [-0.05, 0) is 31.4 Å². The highest BCUT2D eigenvalue weighted by Gasteiger charge is 2.45. The summed E-state index contributed by atoms with van der Waals surface area (Å²) < 4.78 is 41.5. The third-order valence-electron chi connectivity index (χ3n) is 4.04. The van der Waals surface area contributed by atoms with Crippen molar-refractivity contribution in [2.75, 3.05) is 0 Å². The van der Waals surface area contributed by atoms with Crippen LogP contribution < -0.4 is 5.32 Å². The van der Waals surface area contributed by atoms with Crippen molar-refractivity contribution in [2.24, 2.45) is 0 Å². The molecule has 7 nitrogen and oxygen atoms in total. The second-order valence-corrected chi connectivity index (χ2v) is 5.69. The average molecular weight is 355 g/mol. The molecule has 1 heterocycles. The summed E-state index contributed by atoms with van der Waals surface area (Å²) in [6.07, 6.45) is -3.31.